The minimum Gasteiger partial charge on any atom is -0.387 e. The van der Waals surface area contributed by atoms with E-state index in [9.17, 15) is 18.0 Å². The van der Waals surface area contributed by atoms with Crippen LogP contribution in [0.3, 0.4) is 0 Å². The van der Waals surface area contributed by atoms with Gasteiger partial charge < -0.3 is 10.6 Å². The van der Waals surface area contributed by atoms with Crippen molar-refractivity contribution in [3.05, 3.63) is 59.7 Å². The van der Waals surface area contributed by atoms with Gasteiger partial charge in [0.15, 0.2) is 0 Å². The van der Waals surface area contributed by atoms with Crippen molar-refractivity contribution in [2.24, 2.45) is 0 Å². The van der Waals surface area contributed by atoms with Gasteiger partial charge in [-0.15, -0.1) is 0 Å². The zero-order valence-electron chi connectivity index (χ0n) is 11.2. The molecule has 3 nitrogen and oxygen atoms in total. The molecule has 0 aliphatic rings. The number of benzene rings is 2. The number of carbonyl (C=O) groups is 1. The average Bonchev–Trinajstić information content (AvgIpc) is 2.46. The zero-order chi connectivity index (χ0) is 15.5. The van der Waals surface area contributed by atoms with Gasteiger partial charge in [0.05, 0.1) is 11.1 Å². The summed E-state index contributed by atoms with van der Waals surface area (Å²) >= 11 is 0. The quantitative estimate of drug-likeness (QED) is 0.898. The van der Waals surface area contributed by atoms with Gasteiger partial charge in [0, 0.05) is 18.4 Å². The molecule has 0 spiro atoms. The van der Waals surface area contributed by atoms with Crippen LogP contribution in [0.2, 0.25) is 0 Å². The van der Waals surface area contributed by atoms with E-state index in [4.69, 9.17) is 0 Å². The number of alkyl halides is 3. The Morgan fingerprint density at radius 2 is 1.76 bits per heavy atom. The summed E-state index contributed by atoms with van der Waals surface area (Å²) < 4.78 is 37.9. The summed E-state index contributed by atoms with van der Waals surface area (Å²) in [5.74, 6) is -0.473. The third kappa shape index (κ3) is 3.53. The van der Waals surface area contributed by atoms with Gasteiger partial charge in [0.1, 0.15) is 0 Å². The molecule has 0 atom stereocenters. The van der Waals surface area contributed by atoms with E-state index < -0.39 is 17.6 Å². The van der Waals surface area contributed by atoms with Crippen LogP contribution in [-0.4, -0.2) is 13.0 Å². The van der Waals surface area contributed by atoms with Gasteiger partial charge in [0.2, 0.25) is 0 Å². The summed E-state index contributed by atoms with van der Waals surface area (Å²) in [4.78, 5) is 12.1. The number of halogens is 3. The molecule has 0 radical (unpaired) electrons. The molecule has 0 unspecified atom stereocenters. The molecule has 21 heavy (non-hydrogen) atoms. The van der Waals surface area contributed by atoms with E-state index in [0.29, 0.717) is 11.3 Å². The van der Waals surface area contributed by atoms with Crippen molar-refractivity contribution in [3.8, 4) is 0 Å². The van der Waals surface area contributed by atoms with Gasteiger partial charge in [-0.1, -0.05) is 18.2 Å². The van der Waals surface area contributed by atoms with Gasteiger partial charge in [-0.25, -0.2) is 0 Å². The third-order valence-corrected chi connectivity index (χ3v) is 2.89. The molecule has 0 heterocycles. The van der Waals surface area contributed by atoms with E-state index in [1.807, 2.05) is 0 Å². The molecule has 2 N–H and O–H groups in total. The Morgan fingerprint density at radius 3 is 2.43 bits per heavy atom. The Labute approximate surface area is 119 Å². The van der Waals surface area contributed by atoms with E-state index in [1.54, 1.807) is 31.3 Å². The van der Waals surface area contributed by atoms with Crippen LogP contribution < -0.4 is 10.6 Å². The zero-order valence-corrected chi connectivity index (χ0v) is 11.2. The molecule has 0 aromatic heterocycles. The molecular weight excluding hydrogens is 281 g/mol. The second-order valence-corrected chi connectivity index (χ2v) is 4.33. The van der Waals surface area contributed by atoms with Crippen molar-refractivity contribution in [2.45, 2.75) is 6.18 Å². The lowest BCUT2D eigenvalue weighted by Crippen LogP contribution is -2.14. The maximum atomic E-state index is 12.6. The minimum atomic E-state index is -4.44. The summed E-state index contributed by atoms with van der Waals surface area (Å²) in [5, 5.41) is 5.32. The molecule has 1 amide bonds. The fourth-order valence-corrected chi connectivity index (χ4v) is 1.87. The number of anilines is 2. The molecule has 0 fully saturated rings. The largest absolute Gasteiger partial charge is 0.416 e. The molecule has 2 aromatic rings. The first-order chi connectivity index (χ1) is 9.91. The molecule has 110 valence electrons. The van der Waals surface area contributed by atoms with Crippen LogP contribution in [-0.2, 0) is 6.18 Å². The Balaban J connectivity index is 2.24. The lowest BCUT2D eigenvalue weighted by Gasteiger charge is -2.11. The third-order valence-electron chi connectivity index (χ3n) is 2.89. The standard InChI is InChI=1S/C15H13F3N2O/c1-19-13-8-3-2-7-12(13)14(21)20-11-6-4-5-10(9-11)15(16,17)18/h2-9,19H,1H3,(H,20,21). The summed E-state index contributed by atoms with van der Waals surface area (Å²) in [6.45, 7) is 0. The highest BCUT2D eigenvalue weighted by Gasteiger charge is 2.30. The van der Waals surface area contributed by atoms with Gasteiger partial charge >= 0.3 is 6.18 Å². The number of para-hydroxylation sites is 1. The van der Waals surface area contributed by atoms with E-state index in [1.165, 1.54) is 12.1 Å². The summed E-state index contributed by atoms with van der Waals surface area (Å²) in [7, 11) is 1.66. The molecule has 6 heteroatoms. The van der Waals surface area contributed by atoms with Gasteiger partial charge in [-0.05, 0) is 30.3 Å². The van der Waals surface area contributed by atoms with Crippen molar-refractivity contribution in [1.29, 1.82) is 0 Å². The molecule has 2 rings (SSSR count). The van der Waals surface area contributed by atoms with Gasteiger partial charge in [-0.3, -0.25) is 4.79 Å². The van der Waals surface area contributed by atoms with E-state index >= 15 is 0 Å². The van der Waals surface area contributed by atoms with Crippen LogP contribution in [0.1, 0.15) is 15.9 Å². The lowest BCUT2D eigenvalue weighted by molar-refractivity contribution is -0.137. The maximum Gasteiger partial charge on any atom is 0.416 e. The number of hydrogen-bond donors (Lipinski definition) is 2. The first kappa shape index (κ1) is 14.9. The maximum absolute atomic E-state index is 12.6. The van der Waals surface area contributed by atoms with E-state index in [0.717, 1.165) is 12.1 Å². The fraction of sp³-hybridized carbons (Fsp3) is 0.133. The van der Waals surface area contributed by atoms with Crippen LogP contribution in [0, 0.1) is 0 Å². The van der Waals surface area contributed by atoms with Gasteiger partial charge in [-0.2, -0.15) is 13.2 Å². The number of hydrogen-bond acceptors (Lipinski definition) is 2. The molecule has 0 saturated carbocycles. The Hall–Kier alpha value is -2.50. The molecular formula is C15H13F3N2O. The highest BCUT2D eigenvalue weighted by Crippen LogP contribution is 2.30. The topological polar surface area (TPSA) is 41.1 Å². The highest BCUT2D eigenvalue weighted by atomic mass is 19.4. The average molecular weight is 294 g/mol. The SMILES string of the molecule is CNc1ccccc1C(=O)Nc1cccc(C(F)(F)F)c1. The van der Waals surface area contributed by atoms with Crippen LogP contribution in [0.25, 0.3) is 0 Å². The molecule has 0 saturated heterocycles. The summed E-state index contributed by atoms with van der Waals surface area (Å²) in [6.07, 6.45) is -4.44. The van der Waals surface area contributed by atoms with Crippen molar-refractivity contribution in [2.75, 3.05) is 17.7 Å². The molecule has 0 aliphatic carbocycles. The molecule has 2 aromatic carbocycles. The van der Waals surface area contributed by atoms with Gasteiger partial charge in [0.25, 0.3) is 5.91 Å². The van der Waals surface area contributed by atoms with Crippen LogP contribution in [0.15, 0.2) is 48.5 Å². The summed E-state index contributed by atoms with van der Waals surface area (Å²) in [5.41, 5.74) is 0.252. The monoisotopic (exact) mass is 294 g/mol. The fourth-order valence-electron chi connectivity index (χ4n) is 1.87. The highest BCUT2D eigenvalue weighted by molar-refractivity contribution is 6.08. The number of nitrogens with one attached hydrogen (secondary N) is 2. The van der Waals surface area contributed by atoms with Crippen molar-refractivity contribution < 1.29 is 18.0 Å². The Kier molecular flexibility index (Phi) is 4.16. The van der Waals surface area contributed by atoms with E-state index in [2.05, 4.69) is 10.6 Å². The number of carbonyl (C=O) groups excluding carboxylic acids is 1. The number of rotatable bonds is 3. The predicted octanol–water partition coefficient (Wildman–Crippen LogP) is 4.00. The minimum absolute atomic E-state index is 0.0979. The number of amides is 1. The second kappa shape index (κ2) is 5.87. The normalized spacial score (nSPS) is 11.0. The smallest absolute Gasteiger partial charge is 0.387 e. The van der Waals surface area contributed by atoms with Crippen molar-refractivity contribution in [1.82, 2.24) is 0 Å². The lowest BCUT2D eigenvalue weighted by atomic mass is 10.1. The first-order valence-corrected chi connectivity index (χ1v) is 6.17. The van der Waals surface area contributed by atoms with Crippen molar-refractivity contribution >= 4 is 17.3 Å². The Morgan fingerprint density at radius 1 is 1.05 bits per heavy atom. The summed E-state index contributed by atoms with van der Waals surface area (Å²) in [6, 6.07) is 11.3. The molecule has 0 bridgehead atoms. The van der Waals surface area contributed by atoms with Crippen LogP contribution >= 0.6 is 0 Å². The van der Waals surface area contributed by atoms with E-state index in [-0.39, 0.29) is 5.69 Å². The first-order valence-electron chi connectivity index (χ1n) is 6.17. The van der Waals surface area contributed by atoms with Crippen LogP contribution in [0.5, 0.6) is 0 Å². The van der Waals surface area contributed by atoms with Crippen LogP contribution in [0.4, 0.5) is 24.5 Å². The second-order valence-electron chi connectivity index (χ2n) is 4.33. The van der Waals surface area contributed by atoms with Crippen molar-refractivity contribution in [3.63, 3.8) is 0 Å². The predicted molar refractivity (Wildman–Crippen MR) is 75.4 cm³/mol. The Bertz CT molecular complexity index is 653. The molecule has 0 aliphatic heterocycles.